The first-order valence-corrected chi connectivity index (χ1v) is 5.55. The summed E-state index contributed by atoms with van der Waals surface area (Å²) in [6.07, 6.45) is 0. The van der Waals surface area contributed by atoms with Crippen LogP contribution in [0.5, 0.6) is 0 Å². The zero-order valence-electron chi connectivity index (χ0n) is 8.39. The average molecular weight is 289 g/mol. The van der Waals surface area contributed by atoms with Gasteiger partial charge in [0.1, 0.15) is 0 Å². The van der Waals surface area contributed by atoms with E-state index in [0.717, 1.165) is 6.54 Å². The van der Waals surface area contributed by atoms with Crippen molar-refractivity contribution in [3.05, 3.63) is 35.4 Å². The molecule has 0 aromatic heterocycles. The summed E-state index contributed by atoms with van der Waals surface area (Å²) in [4.78, 5) is 0. The highest BCUT2D eigenvalue weighted by molar-refractivity contribution is 14.1. The summed E-state index contributed by atoms with van der Waals surface area (Å²) in [6, 6.07) is 8.60. The van der Waals surface area contributed by atoms with Gasteiger partial charge in [-0.05, 0) is 16.5 Å². The van der Waals surface area contributed by atoms with E-state index in [1.807, 2.05) is 0 Å². The monoisotopic (exact) mass is 289 g/mol. The number of benzene rings is 1. The lowest BCUT2D eigenvalue weighted by Crippen LogP contribution is -2.15. The summed E-state index contributed by atoms with van der Waals surface area (Å²) in [5, 5.41) is 0. The Morgan fingerprint density at radius 3 is 2.38 bits per heavy atom. The maximum absolute atomic E-state index is 3.17. The smallest absolute Gasteiger partial charge is 0.0304 e. The van der Waals surface area contributed by atoms with Crippen molar-refractivity contribution >= 4 is 22.9 Å². The lowest BCUT2D eigenvalue weighted by molar-refractivity contribution is 0.582. The highest BCUT2D eigenvalue weighted by atomic mass is 127. The zero-order chi connectivity index (χ0) is 9.90. The second-order valence-corrected chi connectivity index (χ2v) is 4.98. The van der Waals surface area contributed by atoms with Gasteiger partial charge in [-0.2, -0.15) is 0 Å². The molecule has 0 atom stereocenters. The first-order valence-electron chi connectivity index (χ1n) is 4.47. The minimum atomic E-state index is 0.240. The second-order valence-electron chi connectivity index (χ2n) is 4.22. The number of nitrogens with one attached hydrogen (secondary N) is 1. The Morgan fingerprint density at radius 1 is 1.23 bits per heavy atom. The molecule has 1 aromatic carbocycles. The summed E-state index contributed by atoms with van der Waals surface area (Å²) in [5.41, 5.74) is 3.06. The number of rotatable bonds is 2. The van der Waals surface area contributed by atoms with E-state index in [1.165, 1.54) is 11.1 Å². The van der Waals surface area contributed by atoms with Crippen molar-refractivity contribution in [2.75, 3.05) is 0 Å². The first-order chi connectivity index (χ1) is 6.05. The van der Waals surface area contributed by atoms with Crippen LogP contribution in [0.4, 0.5) is 0 Å². The quantitative estimate of drug-likeness (QED) is 0.650. The van der Waals surface area contributed by atoms with Crippen LogP contribution in [0.1, 0.15) is 31.9 Å². The Kier molecular flexibility index (Phi) is 3.74. The van der Waals surface area contributed by atoms with Crippen LogP contribution >= 0.6 is 22.9 Å². The van der Waals surface area contributed by atoms with Gasteiger partial charge < -0.3 is 0 Å². The molecule has 0 saturated carbocycles. The molecule has 0 radical (unpaired) electrons. The minimum Gasteiger partial charge on any atom is -0.257 e. The summed E-state index contributed by atoms with van der Waals surface area (Å²) in [7, 11) is 0. The number of hydrogen-bond donors (Lipinski definition) is 1. The molecule has 0 aliphatic rings. The fraction of sp³-hybridized carbons (Fsp3) is 0.455. The Labute approximate surface area is 94.4 Å². The molecule has 0 unspecified atom stereocenters. The molecule has 1 aromatic rings. The van der Waals surface area contributed by atoms with Crippen molar-refractivity contribution in [1.29, 1.82) is 0 Å². The van der Waals surface area contributed by atoms with E-state index >= 15 is 0 Å². The summed E-state index contributed by atoms with van der Waals surface area (Å²) >= 11 is 2.19. The van der Waals surface area contributed by atoms with Crippen LogP contribution < -0.4 is 3.53 Å². The second kappa shape index (κ2) is 4.42. The van der Waals surface area contributed by atoms with Crippen LogP contribution in [-0.4, -0.2) is 0 Å². The lowest BCUT2D eigenvalue weighted by Gasteiger charge is -2.22. The standard InChI is InChI=1S/C11H16IN/c1-11(2,3)10-7-5-4-6-9(10)8-13-12/h4-7,13H,8H2,1-3H3. The maximum Gasteiger partial charge on any atom is 0.0304 e. The van der Waals surface area contributed by atoms with Gasteiger partial charge in [-0.3, -0.25) is 3.53 Å². The molecule has 1 N–H and O–H groups in total. The highest BCUT2D eigenvalue weighted by Gasteiger charge is 2.16. The van der Waals surface area contributed by atoms with E-state index in [9.17, 15) is 0 Å². The molecule has 0 spiro atoms. The molecule has 13 heavy (non-hydrogen) atoms. The molecule has 0 heterocycles. The Morgan fingerprint density at radius 2 is 1.85 bits per heavy atom. The topological polar surface area (TPSA) is 12.0 Å². The van der Waals surface area contributed by atoms with Crippen molar-refractivity contribution in [3.63, 3.8) is 0 Å². The van der Waals surface area contributed by atoms with Crippen LogP contribution in [0.3, 0.4) is 0 Å². The highest BCUT2D eigenvalue weighted by Crippen LogP contribution is 2.25. The SMILES string of the molecule is CC(C)(C)c1ccccc1CNI. The van der Waals surface area contributed by atoms with Gasteiger partial charge in [0.15, 0.2) is 0 Å². The van der Waals surface area contributed by atoms with E-state index in [1.54, 1.807) is 0 Å². The van der Waals surface area contributed by atoms with Crippen LogP contribution in [-0.2, 0) is 12.0 Å². The molecular formula is C11H16IN. The predicted molar refractivity (Wildman–Crippen MR) is 66.0 cm³/mol. The molecule has 0 aliphatic carbocycles. The van der Waals surface area contributed by atoms with Crippen molar-refractivity contribution in [2.24, 2.45) is 0 Å². The van der Waals surface area contributed by atoms with Crippen LogP contribution in [0.15, 0.2) is 24.3 Å². The van der Waals surface area contributed by atoms with Gasteiger partial charge >= 0.3 is 0 Å². The zero-order valence-corrected chi connectivity index (χ0v) is 10.6. The number of hydrogen-bond acceptors (Lipinski definition) is 1. The molecule has 0 bridgehead atoms. The van der Waals surface area contributed by atoms with E-state index < -0.39 is 0 Å². The summed E-state index contributed by atoms with van der Waals surface area (Å²) in [6.45, 7) is 7.69. The molecule has 0 saturated heterocycles. The van der Waals surface area contributed by atoms with Crippen LogP contribution in [0.2, 0.25) is 0 Å². The van der Waals surface area contributed by atoms with Gasteiger partial charge in [-0.25, -0.2) is 0 Å². The van der Waals surface area contributed by atoms with Crippen LogP contribution in [0.25, 0.3) is 0 Å². The molecule has 0 amide bonds. The molecule has 72 valence electrons. The van der Waals surface area contributed by atoms with Crippen molar-refractivity contribution in [3.8, 4) is 0 Å². The van der Waals surface area contributed by atoms with Gasteiger partial charge in [0, 0.05) is 29.4 Å². The average Bonchev–Trinajstić information content (AvgIpc) is 2.04. The largest absolute Gasteiger partial charge is 0.257 e. The molecule has 1 rings (SSSR count). The third kappa shape index (κ3) is 2.95. The number of halogens is 1. The molecule has 2 heteroatoms. The van der Waals surface area contributed by atoms with Crippen molar-refractivity contribution in [2.45, 2.75) is 32.7 Å². The molecule has 1 nitrogen and oxygen atoms in total. The molecular weight excluding hydrogens is 273 g/mol. The van der Waals surface area contributed by atoms with E-state index in [0.29, 0.717) is 0 Å². The Bertz CT molecular complexity index is 276. The third-order valence-electron chi connectivity index (χ3n) is 2.08. The summed E-state index contributed by atoms with van der Waals surface area (Å²) in [5.74, 6) is 0. The van der Waals surface area contributed by atoms with Gasteiger partial charge in [-0.1, -0.05) is 45.0 Å². The van der Waals surface area contributed by atoms with Crippen molar-refractivity contribution in [1.82, 2.24) is 3.53 Å². The Hall–Kier alpha value is -0.0900. The van der Waals surface area contributed by atoms with E-state index in [-0.39, 0.29) is 5.41 Å². The third-order valence-corrected chi connectivity index (χ3v) is 2.46. The summed E-state index contributed by atoms with van der Waals surface area (Å²) < 4.78 is 3.17. The maximum atomic E-state index is 3.17. The fourth-order valence-corrected chi connectivity index (χ4v) is 1.89. The van der Waals surface area contributed by atoms with E-state index in [2.05, 4.69) is 71.4 Å². The first kappa shape index (κ1) is 11.0. The normalized spacial score (nSPS) is 11.7. The van der Waals surface area contributed by atoms with Gasteiger partial charge in [0.2, 0.25) is 0 Å². The lowest BCUT2D eigenvalue weighted by atomic mass is 9.84. The van der Waals surface area contributed by atoms with Gasteiger partial charge in [-0.15, -0.1) is 0 Å². The van der Waals surface area contributed by atoms with Crippen LogP contribution in [0, 0.1) is 0 Å². The minimum absolute atomic E-state index is 0.240. The Balaban J connectivity index is 3.05. The van der Waals surface area contributed by atoms with Crippen molar-refractivity contribution < 1.29 is 0 Å². The predicted octanol–water partition coefficient (Wildman–Crippen LogP) is 3.42. The molecule has 0 aliphatic heterocycles. The van der Waals surface area contributed by atoms with Gasteiger partial charge in [0.25, 0.3) is 0 Å². The fourth-order valence-electron chi connectivity index (χ4n) is 1.48. The van der Waals surface area contributed by atoms with Gasteiger partial charge in [0.05, 0.1) is 0 Å². The molecule has 0 fully saturated rings. The van der Waals surface area contributed by atoms with E-state index in [4.69, 9.17) is 0 Å².